The largest absolute Gasteiger partial charge is 0.370 e. The van der Waals surface area contributed by atoms with Crippen LogP contribution in [0.5, 0.6) is 0 Å². The Hall–Kier alpha value is -0.680. The normalized spacial score (nSPS) is 29.6. The van der Waals surface area contributed by atoms with Crippen molar-refractivity contribution in [2.45, 2.75) is 51.1 Å². The van der Waals surface area contributed by atoms with E-state index in [1.165, 1.54) is 25.7 Å². The molecule has 2 fully saturated rings. The molecule has 2 saturated heterocycles. The number of anilines is 1. The third-order valence-corrected chi connectivity index (χ3v) is 5.23. The lowest BCUT2D eigenvalue weighted by Crippen LogP contribution is -2.41. The van der Waals surface area contributed by atoms with E-state index in [9.17, 15) is 0 Å². The second kappa shape index (κ2) is 5.98. The molecule has 0 spiro atoms. The smallest absolute Gasteiger partial charge is 0.131 e. The van der Waals surface area contributed by atoms with Crippen LogP contribution in [0.4, 0.5) is 5.82 Å². The lowest BCUT2D eigenvalue weighted by Gasteiger charge is -2.36. The number of fused-ring (bicyclic) bond motifs is 2. The molecule has 1 N–H and O–H groups in total. The van der Waals surface area contributed by atoms with Gasteiger partial charge in [0.05, 0.1) is 0 Å². The molecule has 0 amide bonds. The Morgan fingerprint density at radius 1 is 1.30 bits per heavy atom. The van der Waals surface area contributed by atoms with E-state index in [0.29, 0.717) is 0 Å². The number of piperidine rings is 1. The fourth-order valence-corrected chi connectivity index (χ4v) is 4.07. The van der Waals surface area contributed by atoms with E-state index < -0.39 is 0 Å². The van der Waals surface area contributed by atoms with E-state index in [1.807, 2.05) is 6.07 Å². The van der Waals surface area contributed by atoms with E-state index >= 15 is 0 Å². The third-order valence-electron chi connectivity index (χ3n) is 4.83. The molecular formula is C15H23BrN4. The predicted molar refractivity (Wildman–Crippen MR) is 84.9 cm³/mol. The summed E-state index contributed by atoms with van der Waals surface area (Å²) in [6.45, 7) is 3.12. The van der Waals surface area contributed by atoms with Crippen molar-refractivity contribution < 1.29 is 0 Å². The summed E-state index contributed by atoms with van der Waals surface area (Å²) in [5, 5.41) is 3.51. The first-order chi connectivity index (χ1) is 9.65. The minimum absolute atomic E-state index is 0.780. The topological polar surface area (TPSA) is 41.1 Å². The maximum absolute atomic E-state index is 4.54. The molecule has 1 aromatic rings. The molecule has 20 heavy (non-hydrogen) atoms. The minimum Gasteiger partial charge on any atom is -0.370 e. The highest BCUT2D eigenvalue weighted by Crippen LogP contribution is 2.37. The van der Waals surface area contributed by atoms with Crippen molar-refractivity contribution in [3.05, 3.63) is 16.5 Å². The van der Waals surface area contributed by atoms with Gasteiger partial charge in [-0.3, -0.25) is 0 Å². The van der Waals surface area contributed by atoms with Crippen LogP contribution >= 0.6 is 15.9 Å². The number of aryl methyl sites for hydroxylation is 1. The van der Waals surface area contributed by atoms with Crippen molar-refractivity contribution in [3.63, 3.8) is 0 Å². The van der Waals surface area contributed by atoms with Crippen LogP contribution in [0, 0.1) is 5.92 Å². The van der Waals surface area contributed by atoms with Crippen LogP contribution in [0.25, 0.3) is 0 Å². The Morgan fingerprint density at radius 3 is 2.65 bits per heavy atom. The second-order valence-electron chi connectivity index (χ2n) is 6.11. The molecule has 2 aliphatic rings. The highest BCUT2D eigenvalue weighted by atomic mass is 79.9. The average molecular weight is 339 g/mol. The quantitative estimate of drug-likeness (QED) is 0.856. The van der Waals surface area contributed by atoms with Gasteiger partial charge in [0.1, 0.15) is 16.2 Å². The Kier molecular flexibility index (Phi) is 4.26. The molecule has 0 aromatic carbocycles. The summed E-state index contributed by atoms with van der Waals surface area (Å²) in [5.74, 6) is 2.63. The molecule has 2 unspecified atom stereocenters. The Morgan fingerprint density at radius 2 is 2.00 bits per heavy atom. The van der Waals surface area contributed by atoms with Crippen LogP contribution in [0.2, 0.25) is 0 Å². The molecule has 1 aromatic heterocycles. The van der Waals surface area contributed by atoms with Crippen molar-refractivity contribution in [2.24, 2.45) is 5.92 Å². The maximum Gasteiger partial charge on any atom is 0.131 e. The van der Waals surface area contributed by atoms with Gasteiger partial charge in [-0.25, -0.2) is 9.97 Å². The number of rotatable bonds is 4. The maximum atomic E-state index is 4.54. The van der Waals surface area contributed by atoms with E-state index in [-0.39, 0.29) is 0 Å². The summed E-state index contributed by atoms with van der Waals surface area (Å²) in [6, 6.07) is 3.59. The van der Waals surface area contributed by atoms with Gasteiger partial charge in [-0.05, 0) is 54.6 Å². The monoisotopic (exact) mass is 338 g/mol. The van der Waals surface area contributed by atoms with Crippen LogP contribution < -0.4 is 5.32 Å². The van der Waals surface area contributed by atoms with Gasteiger partial charge in [0.2, 0.25) is 0 Å². The van der Waals surface area contributed by atoms with Gasteiger partial charge in [0.15, 0.2) is 0 Å². The van der Waals surface area contributed by atoms with Gasteiger partial charge in [0.25, 0.3) is 0 Å². The SMILES string of the molecule is CCc1nc(Br)cc(NCC2CC3CCC(C2)N3C)n1. The lowest BCUT2D eigenvalue weighted by molar-refractivity contribution is 0.139. The minimum atomic E-state index is 0.780. The number of aromatic nitrogens is 2. The standard InChI is InChI=1S/C15H23BrN4/c1-3-14-18-13(16)8-15(19-14)17-9-10-6-11-4-5-12(7-10)20(11)2/h8,10-12H,3-7,9H2,1-2H3,(H,17,18,19). The summed E-state index contributed by atoms with van der Waals surface area (Å²) < 4.78 is 0.871. The van der Waals surface area contributed by atoms with Crippen LogP contribution in [0.15, 0.2) is 10.7 Å². The van der Waals surface area contributed by atoms with Crippen LogP contribution in [0.1, 0.15) is 38.4 Å². The first kappa shape index (κ1) is 14.3. The van der Waals surface area contributed by atoms with Crippen molar-refractivity contribution in [1.82, 2.24) is 14.9 Å². The van der Waals surface area contributed by atoms with Gasteiger partial charge < -0.3 is 10.2 Å². The average Bonchev–Trinajstić information content (AvgIpc) is 2.66. The zero-order valence-corrected chi connectivity index (χ0v) is 13.9. The zero-order chi connectivity index (χ0) is 14.1. The number of halogens is 1. The van der Waals surface area contributed by atoms with E-state index in [2.05, 4.69) is 50.1 Å². The molecule has 2 atom stereocenters. The Balaban J connectivity index is 1.59. The van der Waals surface area contributed by atoms with Gasteiger partial charge in [-0.1, -0.05) is 6.92 Å². The molecule has 2 bridgehead atoms. The van der Waals surface area contributed by atoms with Crippen molar-refractivity contribution in [2.75, 3.05) is 18.9 Å². The number of hydrogen-bond acceptors (Lipinski definition) is 4. The molecule has 0 radical (unpaired) electrons. The molecule has 4 nitrogen and oxygen atoms in total. The van der Waals surface area contributed by atoms with Crippen LogP contribution in [0.3, 0.4) is 0 Å². The molecule has 3 heterocycles. The summed E-state index contributed by atoms with van der Waals surface area (Å²) in [6.07, 6.45) is 6.29. The Labute approximate surface area is 129 Å². The first-order valence-electron chi connectivity index (χ1n) is 7.65. The number of nitrogens with zero attached hydrogens (tertiary/aromatic N) is 3. The summed E-state index contributed by atoms with van der Waals surface area (Å²) in [7, 11) is 2.29. The lowest BCUT2D eigenvalue weighted by atomic mass is 9.91. The molecule has 5 heteroatoms. The molecule has 2 aliphatic heterocycles. The van der Waals surface area contributed by atoms with Crippen LogP contribution in [-0.4, -0.2) is 40.5 Å². The summed E-state index contributed by atoms with van der Waals surface area (Å²) in [4.78, 5) is 11.5. The van der Waals surface area contributed by atoms with Crippen molar-refractivity contribution in [3.8, 4) is 0 Å². The number of hydrogen-bond donors (Lipinski definition) is 1. The van der Waals surface area contributed by atoms with E-state index in [4.69, 9.17) is 0 Å². The molecule has 3 rings (SSSR count). The molecule has 0 saturated carbocycles. The van der Waals surface area contributed by atoms with E-state index in [1.54, 1.807) is 0 Å². The van der Waals surface area contributed by atoms with Gasteiger partial charge in [-0.15, -0.1) is 0 Å². The zero-order valence-electron chi connectivity index (χ0n) is 12.3. The van der Waals surface area contributed by atoms with E-state index in [0.717, 1.165) is 47.2 Å². The highest BCUT2D eigenvalue weighted by molar-refractivity contribution is 9.10. The number of nitrogens with one attached hydrogen (secondary N) is 1. The van der Waals surface area contributed by atoms with Gasteiger partial charge >= 0.3 is 0 Å². The first-order valence-corrected chi connectivity index (χ1v) is 8.44. The molecular weight excluding hydrogens is 316 g/mol. The van der Waals surface area contributed by atoms with Crippen molar-refractivity contribution >= 4 is 21.7 Å². The van der Waals surface area contributed by atoms with Gasteiger partial charge in [-0.2, -0.15) is 0 Å². The van der Waals surface area contributed by atoms with Crippen LogP contribution in [-0.2, 0) is 6.42 Å². The second-order valence-corrected chi connectivity index (χ2v) is 6.93. The fourth-order valence-electron chi connectivity index (χ4n) is 3.65. The predicted octanol–water partition coefficient (Wildman–Crippen LogP) is 3.09. The van der Waals surface area contributed by atoms with Crippen molar-refractivity contribution in [1.29, 1.82) is 0 Å². The fraction of sp³-hybridized carbons (Fsp3) is 0.733. The highest BCUT2D eigenvalue weighted by Gasteiger charge is 2.38. The Bertz CT molecular complexity index is 465. The molecule has 110 valence electrons. The summed E-state index contributed by atoms with van der Waals surface area (Å²) >= 11 is 3.46. The summed E-state index contributed by atoms with van der Waals surface area (Å²) in [5.41, 5.74) is 0. The molecule has 0 aliphatic carbocycles. The van der Waals surface area contributed by atoms with Gasteiger partial charge in [0, 0.05) is 31.1 Å². The third kappa shape index (κ3) is 2.98.